The fourth-order valence-corrected chi connectivity index (χ4v) is 1.53. The lowest BCUT2D eigenvalue weighted by molar-refractivity contribution is -0.114. The Kier molecular flexibility index (Phi) is 3.14. The summed E-state index contributed by atoms with van der Waals surface area (Å²) in [6.45, 7) is 1.42. The number of hydrogen-bond donors (Lipinski definition) is 1. The Labute approximate surface area is 98.3 Å². The highest BCUT2D eigenvalue weighted by molar-refractivity contribution is 5.92. The van der Waals surface area contributed by atoms with Gasteiger partial charge in [0.25, 0.3) is 0 Å². The smallest absolute Gasteiger partial charge is 0.222 e. The number of halogens is 1. The summed E-state index contributed by atoms with van der Waals surface area (Å²) in [6, 6.07) is 9.64. The molecule has 0 bridgehead atoms. The molecule has 0 spiro atoms. The van der Waals surface area contributed by atoms with Gasteiger partial charge in [-0.25, -0.2) is 9.37 Å². The molecule has 1 heterocycles. The molecule has 1 N–H and O–H groups in total. The van der Waals surface area contributed by atoms with Gasteiger partial charge in [-0.15, -0.1) is 0 Å². The van der Waals surface area contributed by atoms with Crippen LogP contribution in [0.1, 0.15) is 6.92 Å². The molecule has 0 radical (unpaired) electrons. The van der Waals surface area contributed by atoms with Crippen LogP contribution in [-0.2, 0) is 4.79 Å². The number of carbonyl (C=O) groups is 1. The van der Waals surface area contributed by atoms with Crippen molar-refractivity contribution in [1.82, 2.24) is 4.98 Å². The van der Waals surface area contributed by atoms with Gasteiger partial charge >= 0.3 is 0 Å². The van der Waals surface area contributed by atoms with E-state index in [0.717, 1.165) is 11.1 Å². The van der Waals surface area contributed by atoms with Crippen molar-refractivity contribution in [1.29, 1.82) is 0 Å². The monoisotopic (exact) mass is 230 g/mol. The molecule has 2 rings (SSSR count). The predicted octanol–water partition coefficient (Wildman–Crippen LogP) is 2.85. The minimum absolute atomic E-state index is 0.188. The molecule has 86 valence electrons. The van der Waals surface area contributed by atoms with E-state index in [0.29, 0.717) is 5.82 Å². The topological polar surface area (TPSA) is 42.0 Å². The third-order valence-corrected chi connectivity index (χ3v) is 2.26. The molecular weight excluding hydrogens is 219 g/mol. The fraction of sp³-hybridized carbons (Fsp3) is 0.0769. The minimum atomic E-state index is -0.293. The molecule has 0 unspecified atom stereocenters. The number of aromatic nitrogens is 1. The number of hydrogen-bond acceptors (Lipinski definition) is 2. The van der Waals surface area contributed by atoms with E-state index in [9.17, 15) is 9.18 Å². The highest BCUT2D eigenvalue weighted by atomic mass is 19.1. The highest BCUT2D eigenvalue weighted by Crippen LogP contribution is 2.25. The number of pyridine rings is 1. The second-order valence-corrected chi connectivity index (χ2v) is 3.59. The van der Waals surface area contributed by atoms with Crippen LogP contribution in [0, 0.1) is 5.82 Å². The van der Waals surface area contributed by atoms with Gasteiger partial charge in [0.2, 0.25) is 5.91 Å². The number of rotatable bonds is 2. The molecule has 0 fully saturated rings. The van der Waals surface area contributed by atoms with Crippen LogP contribution in [0.5, 0.6) is 0 Å². The summed E-state index contributed by atoms with van der Waals surface area (Å²) in [4.78, 5) is 15.1. The zero-order valence-electron chi connectivity index (χ0n) is 9.27. The van der Waals surface area contributed by atoms with Crippen LogP contribution in [-0.4, -0.2) is 10.9 Å². The Bertz CT molecular complexity index is 537. The van der Waals surface area contributed by atoms with Gasteiger partial charge < -0.3 is 5.32 Å². The normalized spacial score (nSPS) is 10.0. The lowest BCUT2D eigenvalue weighted by Gasteiger charge is -2.08. The van der Waals surface area contributed by atoms with E-state index >= 15 is 0 Å². The average Bonchev–Trinajstić information content (AvgIpc) is 2.30. The molecule has 3 nitrogen and oxygen atoms in total. The molecule has 2 aromatic rings. The van der Waals surface area contributed by atoms with Crippen LogP contribution in [0.25, 0.3) is 11.1 Å². The summed E-state index contributed by atoms with van der Waals surface area (Å²) in [7, 11) is 0. The van der Waals surface area contributed by atoms with E-state index in [2.05, 4.69) is 10.3 Å². The molecule has 0 saturated carbocycles. The largest absolute Gasteiger partial charge is 0.310 e. The van der Waals surface area contributed by atoms with Crippen molar-refractivity contribution in [2.45, 2.75) is 6.92 Å². The van der Waals surface area contributed by atoms with Crippen molar-refractivity contribution in [3.63, 3.8) is 0 Å². The van der Waals surface area contributed by atoms with Crippen LogP contribution in [0.2, 0.25) is 0 Å². The summed E-state index contributed by atoms with van der Waals surface area (Å²) in [6.07, 6.45) is 1.60. The molecule has 1 aromatic heterocycles. The van der Waals surface area contributed by atoms with Crippen molar-refractivity contribution in [3.8, 4) is 11.1 Å². The second-order valence-electron chi connectivity index (χ2n) is 3.59. The Morgan fingerprint density at radius 1 is 1.24 bits per heavy atom. The van der Waals surface area contributed by atoms with E-state index in [4.69, 9.17) is 0 Å². The molecule has 0 aliphatic heterocycles. The quantitative estimate of drug-likeness (QED) is 0.861. The van der Waals surface area contributed by atoms with Crippen LogP contribution in [0.15, 0.2) is 42.6 Å². The summed E-state index contributed by atoms with van der Waals surface area (Å²) in [5.41, 5.74) is 1.57. The second kappa shape index (κ2) is 4.74. The minimum Gasteiger partial charge on any atom is -0.310 e. The zero-order chi connectivity index (χ0) is 12.3. The van der Waals surface area contributed by atoms with Gasteiger partial charge in [-0.2, -0.15) is 0 Å². The van der Waals surface area contributed by atoms with E-state index in [-0.39, 0.29) is 11.7 Å². The van der Waals surface area contributed by atoms with Crippen LogP contribution in [0.4, 0.5) is 10.2 Å². The van der Waals surface area contributed by atoms with Crippen molar-refractivity contribution in [2.24, 2.45) is 0 Å². The number of nitrogens with zero attached hydrogens (tertiary/aromatic N) is 1. The lowest BCUT2D eigenvalue weighted by Crippen LogP contribution is -2.08. The molecule has 4 heteroatoms. The first-order valence-electron chi connectivity index (χ1n) is 5.15. The van der Waals surface area contributed by atoms with Crippen LogP contribution in [0.3, 0.4) is 0 Å². The lowest BCUT2D eigenvalue weighted by atomic mass is 10.1. The Hall–Kier alpha value is -2.23. The molecule has 0 aliphatic rings. The maximum absolute atomic E-state index is 12.8. The highest BCUT2D eigenvalue weighted by Gasteiger charge is 2.06. The Balaban J connectivity index is 2.44. The predicted molar refractivity (Wildman–Crippen MR) is 63.9 cm³/mol. The Morgan fingerprint density at radius 3 is 2.59 bits per heavy atom. The van der Waals surface area contributed by atoms with Crippen molar-refractivity contribution >= 4 is 11.7 Å². The zero-order valence-corrected chi connectivity index (χ0v) is 9.27. The van der Waals surface area contributed by atoms with Crippen LogP contribution >= 0.6 is 0 Å². The molecule has 0 aliphatic carbocycles. The maximum atomic E-state index is 12.8. The number of carbonyl (C=O) groups excluding carboxylic acids is 1. The summed E-state index contributed by atoms with van der Waals surface area (Å²) in [5.74, 6) is -0.00242. The summed E-state index contributed by atoms with van der Waals surface area (Å²) in [5, 5.41) is 2.64. The van der Waals surface area contributed by atoms with Crippen molar-refractivity contribution in [2.75, 3.05) is 5.32 Å². The fourth-order valence-electron chi connectivity index (χ4n) is 1.53. The third-order valence-electron chi connectivity index (χ3n) is 2.26. The van der Waals surface area contributed by atoms with E-state index in [1.807, 2.05) is 6.07 Å². The van der Waals surface area contributed by atoms with E-state index in [1.54, 1.807) is 24.4 Å². The molecule has 1 aromatic carbocycles. The van der Waals surface area contributed by atoms with Crippen LogP contribution < -0.4 is 5.32 Å². The van der Waals surface area contributed by atoms with Gasteiger partial charge in [0.1, 0.15) is 11.6 Å². The van der Waals surface area contributed by atoms with Crippen molar-refractivity contribution < 1.29 is 9.18 Å². The Morgan fingerprint density at radius 2 is 1.94 bits per heavy atom. The SMILES string of the molecule is CC(=O)Nc1ncccc1-c1ccc(F)cc1. The molecule has 0 atom stereocenters. The first-order chi connectivity index (χ1) is 8.16. The first kappa shape index (κ1) is 11.3. The number of amides is 1. The van der Waals surface area contributed by atoms with Gasteiger partial charge in [0.05, 0.1) is 0 Å². The number of benzene rings is 1. The number of anilines is 1. The average molecular weight is 230 g/mol. The maximum Gasteiger partial charge on any atom is 0.222 e. The molecule has 0 saturated heterocycles. The van der Waals surface area contributed by atoms with Gasteiger partial charge in [-0.1, -0.05) is 12.1 Å². The molecular formula is C13H11FN2O. The summed E-state index contributed by atoms with van der Waals surface area (Å²) < 4.78 is 12.8. The summed E-state index contributed by atoms with van der Waals surface area (Å²) >= 11 is 0. The standard InChI is InChI=1S/C13H11FN2O/c1-9(17)16-13-12(3-2-8-15-13)10-4-6-11(14)7-5-10/h2-8H,1H3,(H,15,16,17). The first-order valence-corrected chi connectivity index (χ1v) is 5.15. The molecule has 1 amide bonds. The molecule has 17 heavy (non-hydrogen) atoms. The van der Waals surface area contributed by atoms with E-state index < -0.39 is 0 Å². The van der Waals surface area contributed by atoms with Gasteiger partial charge in [0, 0.05) is 18.7 Å². The van der Waals surface area contributed by atoms with Gasteiger partial charge in [0.15, 0.2) is 0 Å². The third kappa shape index (κ3) is 2.66. The van der Waals surface area contributed by atoms with E-state index in [1.165, 1.54) is 19.1 Å². The van der Waals surface area contributed by atoms with Crippen molar-refractivity contribution in [3.05, 3.63) is 48.4 Å². The number of nitrogens with one attached hydrogen (secondary N) is 1. The van der Waals surface area contributed by atoms with Gasteiger partial charge in [-0.3, -0.25) is 4.79 Å². The van der Waals surface area contributed by atoms with Gasteiger partial charge in [-0.05, 0) is 29.8 Å².